The molecule has 1 saturated carbocycles. The van der Waals surface area contributed by atoms with Crippen LogP contribution < -0.4 is 4.74 Å². The van der Waals surface area contributed by atoms with E-state index in [0.717, 1.165) is 12.8 Å². The van der Waals surface area contributed by atoms with E-state index in [9.17, 15) is 10.1 Å². The zero-order chi connectivity index (χ0) is 14.0. The summed E-state index contributed by atoms with van der Waals surface area (Å²) >= 11 is 5.88. The standard InChI is InChI=1S/C14H18ClNO3/c1-9-5-10(2)7-12(6-9)19-11-3-4-14(16(17)18)13(15)8-11/h3-4,8-10,12H,5-7H2,1-2H3. The molecule has 0 bridgehead atoms. The molecule has 1 aliphatic carbocycles. The van der Waals surface area contributed by atoms with Crippen molar-refractivity contribution < 1.29 is 9.66 Å². The highest BCUT2D eigenvalue weighted by Crippen LogP contribution is 2.33. The maximum absolute atomic E-state index is 10.7. The maximum atomic E-state index is 10.7. The van der Waals surface area contributed by atoms with E-state index >= 15 is 0 Å². The quantitative estimate of drug-likeness (QED) is 0.608. The van der Waals surface area contributed by atoms with Gasteiger partial charge in [0.1, 0.15) is 10.8 Å². The summed E-state index contributed by atoms with van der Waals surface area (Å²) in [6.07, 6.45) is 3.47. The zero-order valence-corrected chi connectivity index (χ0v) is 11.9. The van der Waals surface area contributed by atoms with Crippen molar-refractivity contribution in [3.8, 4) is 5.75 Å². The molecule has 19 heavy (non-hydrogen) atoms. The minimum atomic E-state index is -0.489. The summed E-state index contributed by atoms with van der Waals surface area (Å²) in [5, 5.41) is 10.8. The molecule has 0 radical (unpaired) electrons. The number of nitro groups is 1. The number of benzene rings is 1. The number of ether oxygens (including phenoxy) is 1. The first-order valence-electron chi connectivity index (χ1n) is 6.56. The van der Waals surface area contributed by atoms with Crippen molar-refractivity contribution in [1.82, 2.24) is 0 Å². The Bertz CT molecular complexity index is 468. The normalized spacial score (nSPS) is 27.0. The van der Waals surface area contributed by atoms with Gasteiger partial charge >= 0.3 is 0 Å². The van der Waals surface area contributed by atoms with E-state index in [-0.39, 0.29) is 16.8 Å². The highest BCUT2D eigenvalue weighted by molar-refractivity contribution is 6.32. The molecule has 2 unspecified atom stereocenters. The van der Waals surface area contributed by atoms with Crippen LogP contribution in [0.3, 0.4) is 0 Å². The molecule has 2 atom stereocenters. The zero-order valence-electron chi connectivity index (χ0n) is 11.1. The summed E-state index contributed by atoms with van der Waals surface area (Å²) in [5.74, 6) is 1.92. The predicted molar refractivity (Wildman–Crippen MR) is 74.7 cm³/mol. The van der Waals surface area contributed by atoms with Gasteiger partial charge in [-0.25, -0.2) is 0 Å². The second kappa shape index (κ2) is 5.78. The molecule has 1 aliphatic rings. The molecule has 0 heterocycles. The Morgan fingerprint density at radius 1 is 1.26 bits per heavy atom. The lowest BCUT2D eigenvalue weighted by atomic mass is 9.82. The van der Waals surface area contributed by atoms with Gasteiger partial charge in [0.15, 0.2) is 0 Å². The molecular weight excluding hydrogens is 266 g/mol. The van der Waals surface area contributed by atoms with Gasteiger partial charge in [-0.3, -0.25) is 10.1 Å². The second-order valence-corrected chi connectivity index (χ2v) is 5.93. The average Bonchev–Trinajstić information content (AvgIpc) is 2.26. The van der Waals surface area contributed by atoms with E-state index in [2.05, 4.69) is 13.8 Å². The third-order valence-electron chi connectivity index (χ3n) is 3.55. The Kier molecular flexibility index (Phi) is 4.30. The molecule has 1 aromatic carbocycles. The number of nitro benzene ring substituents is 1. The SMILES string of the molecule is CC1CC(C)CC(Oc2ccc([N+](=O)[O-])c(Cl)c2)C1. The molecular formula is C14H18ClNO3. The lowest BCUT2D eigenvalue weighted by Crippen LogP contribution is -2.28. The second-order valence-electron chi connectivity index (χ2n) is 5.53. The topological polar surface area (TPSA) is 52.4 Å². The fraction of sp³-hybridized carbons (Fsp3) is 0.571. The largest absolute Gasteiger partial charge is 0.490 e. The molecule has 1 fully saturated rings. The third kappa shape index (κ3) is 3.60. The molecule has 4 nitrogen and oxygen atoms in total. The fourth-order valence-electron chi connectivity index (χ4n) is 2.87. The van der Waals surface area contributed by atoms with Crippen molar-refractivity contribution >= 4 is 17.3 Å². The van der Waals surface area contributed by atoms with Crippen molar-refractivity contribution in [2.45, 2.75) is 39.2 Å². The van der Waals surface area contributed by atoms with E-state index in [0.29, 0.717) is 17.6 Å². The van der Waals surface area contributed by atoms with Gasteiger partial charge in [0, 0.05) is 12.1 Å². The van der Waals surface area contributed by atoms with Crippen LogP contribution in [0.25, 0.3) is 0 Å². The monoisotopic (exact) mass is 283 g/mol. The first-order valence-corrected chi connectivity index (χ1v) is 6.94. The molecule has 104 valence electrons. The minimum Gasteiger partial charge on any atom is -0.490 e. The van der Waals surface area contributed by atoms with Gasteiger partial charge in [-0.05, 0) is 37.2 Å². The van der Waals surface area contributed by atoms with Crippen LogP contribution in [0.4, 0.5) is 5.69 Å². The molecule has 0 N–H and O–H groups in total. The molecule has 1 aromatic rings. The summed E-state index contributed by atoms with van der Waals surface area (Å²) < 4.78 is 5.90. The molecule has 0 amide bonds. The van der Waals surface area contributed by atoms with Crippen LogP contribution in [0.15, 0.2) is 18.2 Å². The van der Waals surface area contributed by atoms with Crippen molar-refractivity contribution in [3.63, 3.8) is 0 Å². The highest BCUT2D eigenvalue weighted by Gasteiger charge is 2.25. The summed E-state index contributed by atoms with van der Waals surface area (Å²) in [6, 6.07) is 4.55. The first-order chi connectivity index (χ1) is 8.95. The van der Waals surface area contributed by atoms with Gasteiger partial charge in [-0.15, -0.1) is 0 Å². The summed E-state index contributed by atoms with van der Waals surface area (Å²) in [4.78, 5) is 10.2. The Morgan fingerprint density at radius 2 is 1.89 bits per heavy atom. The van der Waals surface area contributed by atoms with Crippen LogP contribution in [0.5, 0.6) is 5.75 Å². The Labute approximate surface area is 117 Å². The lowest BCUT2D eigenvalue weighted by molar-refractivity contribution is -0.384. The molecule has 0 saturated heterocycles. The Hall–Kier alpha value is -1.29. The number of nitrogens with zero attached hydrogens (tertiary/aromatic N) is 1. The van der Waals surface area contributed by atoms with Gasteiger partial charge in [0.2, 0.25) is 0 Å². The van der Waals surface area contributed by atoms with E-state index < -0.39 is 4.92 Å². The van der Waals surface area contributed by atoms with E-state index in [1.807, 2.05) is 0 Å². The number of rotatable bonds is 3. The van der Waals surface area contributed by atoms with Crippen LogP contribution in [-0.4, -0.2) is 11.0 Å². The molecule has 5 heteroatoms. The predicted octanol–water partition coefficient (Wildman–Crippen LogP) is 4.45. The first kappa shape index (κ1) is 14.1. The molecule has 0 aliphatic heterocycles. The van der Waals surface area contributed by atoms with Crippen molar-refractivity contribution in [3.05, 3.63) is 33.3 Å². The van der Waals surface area contributed by atoms with Gasteiger partial charge in [0.25, 0.3) is 5.69 Å². The number of halogens is 1. The van der Waals surface area contributed by atoms with Gasteiger partial charge in [-0.2, -0.15) is 0 Å². The maximum Gasteiger partial charge on any atom is 0.288 e. The minimum absolute atomic E-state index is 0.0839. The summed E-state index contributed by atoms with van der Waals surface area (Å²) in [6.45, 7) is 4.46. The molecule has 2 rings (SSSR count). The van der Waals surface area contributed by atoms with Gasteiger partial charge in [-0.1, -0.05) is 25.4 Å². The number of hydrogen-bond acceptors (Lipinski definition) is 3. The fourth-order valence-corrected chi connectivity index (χ4v) is 3.11. The third-order valence-corrected chi connectivity index (χ3v) is 3.86. The van der Waals surface area contributed by atoms with Crippen molar-refractivity contribution in [1.29, 1.82) is 0 Å². The van der Waals surface area contributed by atoms with Gasteiger partial charge < -0.3 is 4.74 Å². The Morgan fingerprint density at radius 3 is 2.42 bits per heavy atom. The van der Waals surface area contributed by atoms with Gasteiger partial charge in [0.05, 0.1) is 11.0 Å². The Balaban J connectivity index is 2.07. The van der Waals surface area contributed by atoms with E-state index in [4.69, 9.17) is 16.3 Å². The van der Waals surface area contributed by atoms with E-state index in [1.54, 1.807) is 6.07 Å². The summed E-state index contributed by atoms with van der Waals surface area (Å²) in [7, 11) is 0. The summed E-state index contributed by atoms with van der Waals surface area (Å²) in [5.41, 5.74) is -0.0839. The van der Waals surface area contributed by atoms with Crippen molar-refractivity contribution in [2.24, 2.45) is 11.8 Å². The van der Waals surface area contributed by atoms with Crippen LogP contribution >= 0.6 is 11.6 Å². The van der Waals surface area contributed by atoms with Crippen molar-refractivity contribution in [2.75, 3.05) is 0 Å². The van der Waals surface area contributed by atoms with Crippen LogP contribution in [0.2, 0.25) is 5.02 Å². The van der Waals surface area contributed by atoms with E-state index in [1.165, 1.54) is 18.6 Å². The lowest BCUT2D eigenvalue weighted by Gasteiger charge is -2.31. The van der Waals surface area contributed by atoms with Crippen LogP contribution in [0.1, 0.15) is 33.1 Å². The van der Waals surface area contributed by atoms with Crippen LogP contribution in [0, 0.1) is 22.0 Å². The smallest absolute Gasteiger partial charge is 0.288 e. The molecule has 0 aromatic heterocycles. The highest BCUT2D eigenvalue weighted by atomic mass is 35.5. The molecule has 0 spiro atoms. The number of hydrogen-bond donors (Lipinski definition) is 0. The average molecular weight is 284 g/mol. The van der Waals surface area contributed by atoms with Crippen LogP contribution in [-0.2, 0) is 0 Å².